The Hall–Kier alpha value is -2.40. The van der Waals surface area contributed by atoms with Crippen molar-refractivity contribution in [2.24, 2.45) is 0 Å². The minimum atomic E-state index is -1.60. The lowest BCUT2D eigenvalue weighted by Gasteiger charge is -2.14. The van der Waals surface area contributed by atoms with Crippen molar-refractivity contribution < 1.29 is 18.3 Å². The third-order valence-electron chi connectivity index (χ3n) is 3.32. The fourth-order valence-corrected chi connectivity index (χ4v) is 2.27. The largest absolute Gasteiger partial charge is 0.383 e. The first-order chi connectivity index (χ1) is 10.1. The van der Waals surface area contributed by atoms with Gasteiger partial charge in [-0.25, -0.2) is 13.2 Å². The molecule has 0 saturated carbocycles. The summed E-state index contributed by atoms with van der Waals surface area (Å²) in [7, 11) is 0. The smallest absolute Gasteiger partial charge is 0.194 e. The maximum absolute atomic E-state index is 13.8. The molecular weight excluding hydrogens is 279 g/mol. The fourth-order valence-electron chi connectivity index (χ4n) is 2.27. The first-order valence-corrected chi connectivity index (χ1v) is 6.24. The van der Waals surface area contributed by atoms with Crippen molar-refractivity contribution in [3.05, 3.63) is 77.2 Å². The average Bonchev–Trinajstić information content (AvgIpc) is 2.51. The molecule has 1 heterocycles. The number of para-hydroxylation sites is 1. The Morgan fingerprint density at radius 1 is 0.857 bits per heavy atom. The number of hydrogen-bond donors (Lipinski definition) is 1. The monoisotopic (exact) mass is 289 g/mol. The molecule has 1 atom stereocenters. The molecule has 0 aliphatic heterocycles. The quantitative estimate of drug-likeness (QED) is 0.729. The molecule has 5 heteroatoms. The molecule has 0 amide bonds. The second-order valence-corrected chi connectivity index (χ2v) is 4.59. The standard InChI is InChI=1S/C16H10F3NO/c17-12-7-6-10(13(18)14(12)19)16(21)11-5-1-3-9-4-2-8-20-15(9)11/h1-8,16,21H. The summed E-state index contributed by atoms with van der Waals surface area (Å²) in [6.45, 7) is 0. The fraction of sp³-hybridized carbons (Fsp3) is 0.0625. The molecule has 0 bridgehead atoms. The summed E-state index contributed by atoms with van der Waals surface area (Å²) in [6, 6.07) is 10.4. The van der Waals surface area contributed by atoms with Crippen LogP contribution in [-0.2, 0) is 0 Å². The van der Waals surface area contributed by atoms with Crippen LogP contribution in [0, 0.1) is 17.5 Å². The van der Waals surface area contributed by atoms with Crippen LogP contribution in [-0.4, -0.2) is 10.1 Å². The highest BCUT2D eigenvalue weighted by Gasteiger charge is 2.22. The van der Waals surface area contributed by atoms with Gasteiger partial charge in [-0.1, -0.05) is 30.3 Å². The summed E-state index contributed by atoms with van der Waals surface area (Å²) in [5.41, 5.74) is 0.488. The minimum Gasteiger partial charge on any atom is -0.383 e. The van der Waals surface area contributed by atoms with Crippen molar-refractivity contribution >= 4 is 10.9 Å². The molecule has 0 radical (unpaired) electrons. The number of nitrogens with zero attached hydrogens (tertiary/aromatic N) is 1. The molecule has 1 N–H and O–H groups in total. The van der Waals surface area contributed by atoms with Crippen molar-refractivity contribution in [2.75, 3.05) is 0 Å². The van der Waals surface area contributed by atoms with E-state index in [1.54, 1.807) is 36.5 Å². The third-order valence-corrected chi connectivity index (χ3v) is 3.32. The van der Waals surface area contributed by atoms with E-state index in [2.05, 4.69) is 4.98 Å². The number of aromatic nitrogens is 1. The predicted octanol–water partition coefficient (Wildman–Crippen LogP) is 3.73. The summed E-state index contributed by atoms with van der Waals surface area (Å²) in [4.78, 5) is 4.15. The number of halogens is 3. The average molecular weight is 289 g/mol. The minimum absolute atomic E-state index is 0.327. The number of pyridine rings is 1. The van der Waals surface area contributed by atoms with Crippen molar-refractivity contribution in [1.82, 2.24) is 4.98 Å². The molecule has 21 heavy (non-hydrogen) atoms. The van der Waals surface area contributed by atoms with E-state index in [9.17, 15) is 18.3 Å². The highest BCUT2D eigenvalue weighted by molar-refractivity contribution is 5.82. The first-order valence-electron chi connectivity index (χ1n) is 6.24. The van der Waals surface area contributed by atoms with E-state index < -0.39 is 23.6 Å². The summed E-state index contributed by atoms with van der Waals surface area (Å²) >= 11 is 0. The molecule has 0 aliphatic carbocycles. The van der Waals surface area contributed by atoms with E-state index in [1.165, 1.54) is 0 Å². The van der Waals surface area contributed by atoms with Gasteiger partial charge in [0, 0.05) is 22.7 Å². The van der Waals surface area contributed by atoms with Crippen LogP contribution in [0.4, 0.5) is 13.2 Å². The molecule has 2 aromatic carbocycles. The summed E-state index contributed by atoms with van der Waals surface area (Å²) in [5, 5.41) is 11.1. The molecule has 106 valence electrons. The van der Waals surface area contributed by atoms with Gasteiger partial charge in [-0.15, -0.1) is 0 Å². The molecule has 0 fully saturated rings. The van der Waals surface area contributed by atoms with Crippen LogP contribution in [0.1, 0.15) is 17.2 Å². The highest BCUT2D eigenvalue weighted by atomic mass is 19.2. The number of rotatable bonds is 2. The van der Waals surface area contributed by atoms with E-state index in [1.807, 2.05) is 0 Å². The molecule has 0 saturated heterocycles. The Balaban J connectivity index is 2.17. The number of benzene rings is 2. The van der Waals surface area contributed by atoms with Gasteiger partial charge >= 0.3 is 0 Å². The van der Waals surface area contributed by atoms with Crippen molar-refractivity contribution in [3.63, 3.8) is 0 Å². The van der Waals surface area contributed by atoms with Crippen LogP contribution in [0.15, 0.2) is 48.7 Å². The zero-order valence-electron chi connectivity index (χ0n) is 10.7. The van der Waals surface area contributed by atoms with Gasteiger partial charge in [0.05, 0.1) is 5.52 Å². The molecule has 0 spiro atoms. The van der Waals surface area contributed by atoms with E-state index in [0.29, 0.717) is 11.1 Å². The Bertz CT molecular complexity index is 814. The number of aliphatic hydroxyl groups excluding tert-OH is 1. The summed E-state index contributed by atoms with van der Waals surface area (Å²) in [6.07, 6.45) is 0.110. The number of fused-ring (bicyclic) bond motifs is 1. The lowest BCUT2D eigenvalue weighted by molar-refractivity contribution is 0.214. The van der Waals surface area contributed by atoms with Crippen molar-refractivity contribution in [3.8, 4) is 0 Å². The van der Waals surface area contributed by atoms with Crippen LogP contribution in [0.2, 0.25) is 0 Å². The van der Waals surface area contributed by atoms with Crippen LogP contribution in [0.3, 0.4) is 0 Å². The molecule has 1 aromatic heterocycles. The van der Waals surface area contributed by atoms with E-state index in [0.717, 1.165) is 17.5 Å². The second-order valence-electron chi connectivity index (χ2n) is 4.59. The highest BCUT2D eigenvalue weighted by Crippen LogP contribution is 2.30. The van der Waals surface area contributed by atoms with Gasteiger partial charge in [0.2, 0.25) is 0 Å². The topological polar surface area (TPSA) is 33.1 Å². The van der Waals surface area contributed by atoms with Gasteiger partial charge in [-0.3, -0.25) is 4.98 Å². The summed E-state index contributed by atoms with van der Waals surface area (Å²) < 4.78 is 40.1. The number of aliphatic hydroxyl groups is 1. The number of hydrogen-bond acceptors (Lipinski definition) is 2. The van der Waals surface area contributed by atoms with Crippen LogP contribution < -0.4 is 0 Å². The van der Waals surface area contributed by atoms with Crippen molar-refractivity contribution in [1.29, 1.82) is 0 Å². The predicted molar refractivity (Wildman–Crippen MR) is 72.1 cm³/mol. The molecule has 3 rings (SSSR count). The molecule has 2 nitrogen and oxygen atoms in total. The lowest BCUT2D eigenvalue weighted by atomic mass is 9.98. The van der Waals surface area contributed by atoms with Gasteiger partial charge in [0.25, 0.3) is 0 Å². The first kappa shape index (κ1) is 13.6. The van der Waals surface area contributed by atoms with Crippen LogP contribution in [0.5, 0.6) is 0 Å². The second kappa shape index (κ2) is 5.18. The Morgan fingerprint density at radius 3 is 2.43 bits per heavy atom. The maximum atomic E-state index is 13.8. The van der Waals surface area contributed by atoms with E-state index in [4.69, 9.17) is 0 Å². The van der Waals surface area contributed by atoms with E-state index >= 15 is 0 Å². The lowest BCUT2D eigenvalue weighted by Crippen LogP contribution is -2.06. The normalized spacial score (nSPS) is 12.6. The van der Waals surface area contributed by atoms with Gasteiger partial charge in [-0.05, 0) is 12.1 Å². The zero-order chi connectivity index (χ0) is 15.0. The molecular formula is C16H10F3NO. The molecule has 0 aliphatic rings. The Kier molecular flexibility index (Phi) is 3.35. The van der Waals surface area contributed by atoms with Crippen LogP contribution >= 0.6 is 0 Å². The molecule has 3 aromatic rings. The van der Waals surface area contributed by atoms with Crippen LogP contribution in [0.25, 0.3) is 10.9 Å². The van der Waals surface area contributed by atoms with Gasteiger partial charge < -0.3 is 5.11 Å². The Morgan fingerprint density at radius 2 is 1.62 bits per heavy atom. The summed E-state index contributed by atoms with van der Waals surface area (Å²) in [5.74, 6) is -4.28. The maximum Gasteiger partial charge on any atom is 0.194 e. The van der Waals surface area contributed by atoms with Gasteiger partial charge in [-0.2, -0.15) is 0 Å². The SMILES string of the molecule is OC(c1ccc(F)c(F)c1F)c1cccc2cccnc12. The Labute approximate surface area is 118 Å². The van der Waals surface area contributed by atoms with Gasteiger partial charge in [0.15, 0.2) is 17.5 Å². The third kappa shape index (κ3) is 2.25. The van der Waals surface area contributed by atoms with Crippen molar-refractivity contribution in [2.45, 2.75) is 6.10 Å². The zero-order valence-corrected chi connectivity index (χ0v) is 10.7. The molecule has 1 unspecified atom stereocenters. The van der Waals surface area contributed by atoms with Gasteiger partial charge in [0.1, 0.15) is 6.10 Å². The van der Waals surface area contributed by atoms with E-state index in [-0.39, 0.29) is 5.56 Å².